The van der Waals surface area contributed by atoms with Crippen LogP contribution >= 0.6 is 0 Å². The van der Waals surface area contributed by atoms with Gasteiger partial charge in [-0.1, -0.05) is 12.8 Å². The zero-order chi connectivity index (χ0) is 17.7. The van der Waals surface area contributed by atoms with Gasteiger partial charge in [0.1, 0.15) is 15.4 Å². The normalized spacial score (nSPS) is 18.3. The third kappa shape index (κ3) is 9.15. The first-order valence-corrected chi connectivity index (χ1v) is 10.3. The molecule has 0 aromatic carbocycles. The van der Waals surface area contributed by atoms with Crippen LogP contribution in [-0.2, 0) is 14.6 Å². The molecule has 1 fully saturated rings. The fraction of sp³-hybridized carbons (Fsp3) is 0.938. The summed E-state index contributed by atoms with van der Waals surface area (Å²) in [7, 11) is -3.02. The largest absolute Gasteiger partial charge is 0.444 e. The number of ether oxygens (including phenoxy) is 1. The van der Waals surface area contributed by atoms with Crippen LogP contribution in [-0.4, -0.2) is 50.4 Å². The highest BCUT2D eigenvalue weighted by atomic mass is 32.2. The van der Waals surface area contributed by atoms with Gasteiger partial charge in [0.2, 0.25) is 0 Å². The highest BCUT2D eigenvalue weighted by Crippen LogP contribution is 2.42. The molecule has 0 aromatic heterocycles. The molecule has 1 aliphatic rings. The van der Waals surface area contributed by atoms with E-state index in [0.717, 1.165) is 19.3 Å². The van der Waals surface area contributed by atoms with Gasteiger partial charge < -0.3 is 15.2 Å². The van der Waals surface area contributed by atoms with E-state index >= 15 is 0 Å². The lowest BCUT2D eigenvalue weighted by Crippen LogP contribution is -2.42. The summed E-state index contributed by atoms with van der Waals surface area (Å²) >= 11 is 0. The smallest absolute Gasteiger partial charge is 0.407 e. The summed E-state index contributed by atoms with van der Waals surface area (Å²) in [4.78, 5) is 11.8. The van der Waals surface area contributed by atoms with E-state index in [-0.39, 0.29) is 12.4 Å². The van der Waals surface area contributed by atoms with Gasteiger partial charge in [-0.05, 0) is 46.0 Å². The minimum atomic E-state index is -3.02. The summed E-state index contributed by atoms with van der Waals surface area (Å²) in [6.07, 6.45) is 4.86. The molecule has 23 heavy (non-hydrogen) atoms. The third-order valence-electron chi connectivity index (χ3n) is 3.98. The van der Waals surface area contributed by atoms with E-state index in [9.17, 15) is 18.3 Å². The molecule has 1 aliphatic carbocycles. The van der Waals surface area contributed by atoms with Gasteiger partial charge in [0.25, 0.3) is 0 Å². The van der Waals surface area contributed by atoms with E-state index in [2.05, 4.69) is 5.32 Å². The highest BCUT2D eigenvalue weighted by Gasteiger charge is 2.37. The molecule has 1 atom stereocenters. The molecule has 1 unspecified atom stereocenters. The first kappa shape index (κ1) is 20.2. The average Bonchev–Trinajstić information content (AvgIpc) is 3.16. The topological polar surface area (TPSA) is 92.7 Å². The second-order valence-electron chi connectivity index (χ2n) is 7.89. The van der Waals surface area contributed by atoms with E-state index in [1.54, 1.807) is 20.8 Å². The van der Waals surface area contributed by atoms with Crippen molar-refractivity contribution in [3.8, 4) is 0 Å². The van der Waals surface area contributed by atoms with Crippen molar-refractivity contribution in [2.75, 3.05) is 25.2 Å². The Balaban J connectivity index is 2.60. The van der Waals surface area contributed by atoms with Crippen LogP contribution in [0.2, 0.25) is 0 Å². The molecule has 0 aliphatic heterocycles. The van der Waals surface area contributed by atoms with Gasteiger partial charge in [0.05, 0.1) is 6.61 Å². The molecule has 1 amide bonds. The summed E-state index contributed by atoms with van der Waals surface area (Å²) < 4.78 is 27.9. The van der Waals surface area contributed by atoms with Gasteiger partial charge in [0.15, 0.2) is 0 Å². The summed E-state index contributed by atoms with van der Waals surface area (Å²) in [6, 6.07) is 0. The molecular weight excluding hydrogens is 318 g/mol. The molecule has 0 aromatic rings. The first-order valence-electron chi connectivity index (χ1n) is 8.20. The maximum Gasteiger partial charge on any atom is 0.407 e. The van der Waals surface area contributed by atoms with Crippen molar-refractivity contribution >= 4 is 15.9 Å². The second kappa shape index (κ2) is 7.83. The highest BCUT2D eigenvalue weighted by molar-refractivity contribution is 7.90. The minimum absolute atomic E-state index is 0.0664. The van der Waals surface area contributed by atoms with E-state index in [0.29, 0.717) is 25.3 Å². The minimum Gasteiger partial charge on any atom is -0.444 e. The van der Waals surface area contributed by atoms with Crippen molar-refractivity contribution in [2.45, 2.75) is 58.5 Å². The lowest BCUT2D eigenvalue weighted by atomic mass is 9.79. The Morgan fingerprint density at radius 1 is 1.30 bits per heavy atom. The number of amides is 1. The summed E-state index contributed by atoms with van der Waals surface area (Å²) in [6.45, 7) is 5.62. The fourth-order valence-electron chi connectivity index (χ4n) is 2.68. The van der Waals surface area contributed by atoms with Crippen LogP contribution in [0, 0.1) is 11.3 Å². The maximum absolute atomic E-state index is 11.8. The number of sulfone groups is 1. The quantitative estimate of drug-likeness (QED) is 0.665. The Morgan fingerprint density at radius 2 is 1.91 bits per heavy atom. The third-order valence-corrected chi connectivity index (χ3v) is 5.01. The van der Waals surface area contributed by atoms with Crippen LogP contribution in [0.3, 0.4) is 0 Å². The van der Waals surface area contributed by atoms with Crippen molar-refractivity contribution in [1.82, 2.24) is 5.32 Å². The van der Waals surface area contributed by atoms with E-state index < -0.39 is 26.9 Å². The number of alkyl carbamates (subject to hydrolysis) is 1. The van der Waals surface area contributed by atoms with Gasteiger partial charge in [-0.15, -0.1) is 0 Å². The van der Waals surface area contributed by atoms with Crippen molar-refractivity contribution in [2.24, 2.45) is 11.3 Å². The number of carbonyl (C=O) groups excluding carboxylic acids is 1. The Morgan fingerprint density at radius 3 is 2.35 bits per heavy atom. The van der Waals surface area contributed by atoms with Crippen LogP contribution in [0.25, 0.3) is 0 Å². The predicted octanol–water partition coefficient (Wildman–Crippen LogP) is 2.11. The predicted molar refractivity (Wildman–Crippen MR) is 90.0 cm³/mol. The van der Waals surface area contributed by atoms with Crippen LogP contribution in [0.15, 0.2) is 0 Å². The van der Waals surface area contributed by atoms with Crippen LogP contribution in [0.1, 0.15) is 52.9 Å². The molecule has 1 saturated carbocycles. The van der Waals surface area contributed by atoms with Gasteiger partial charge in [-0.2, -0.15) is 0 Å². The SMILES string of the molecule is CC(C)(C)OC(=O)NCC(CO)(CCCS(C)(=O)=O)CC1CC1. The number of hydrogen-bond acceptors (Lipinski definition) is 5. The van der Waals surface area contributed by atoms with Crippen molar-refractivity contribution in [3.05, 3.63) is 0 Å². The number of carbonyl (C=O) groups is 1. The Labute approximate surface area is 139 Å². The average molecular weight is 349 g/mol. The van der Waals surface area contributed by atoms with Crippen molar-refractivity contribution in [3.63, 3.8) is 0 Å². The fourth-order valence-corrected chi connectivity index (χ4v) is 3.35. The Kier molecular flexibility index (Phi) is 6.89. The molecule has 0 spiro atoms. The molecule has 2 N–H and O–H groups in total. The Hall–Kier alpha value is -0.820. The van der Waals surface area contributed by atoms with Gasteiger partial charge in [-0.3, -0.25) is 0 Å². The lowest BCUT2D eigenvalue weighted by molar-refractivity contribution is 0.0436. The monoisotopic (exact) mass is 349 g/mol. The van der Waals surface area contributed by atoms with Crippen LogP contribution in [0.4, 0.5) is 4.79 Å². The van der Waals surface area contributed by atoms with Gasteiger partial charge >= 0.3 is 6.09 Å². The summed E-state index contributed by atoms with van der Waals surface area (Å²) in [5.74, 6) is 0.673. The molecular formula is C16H31NO5S. The lowest BCUT2D eigenvalue weighted by Gasteiger charge is -2.33. The maximum atomic E-state index is 11.8. The van der Waals surface area contributed by atoms with Gasteiger partial charge in [0, 0.05) is 24.0 Å². The Bertz CT molecular complexity index is 493. The molecule has 136 valence electrons. The summed E-state index contributed by atoms with van der Waals surface area (Å²) in [5, 5.41) is 12.6. The molecule has 1 rings (SSSR count). The van der Waals surface area contributed by atoms with E-state index in [1.807, 2.05) is 0 Å². The molecule has 6 nitrogen and oxygen atoms in total. The zero-order valence-corrected chi connectivity index (χ0v) is 15.5. The standard InChI is InChI=1S/C16H31NO5S/c1-15(2,3)22-14(19)17-11-16(12-18,10-13-6-7-13)8-5-9-23(4,20)21/h13,18H,5-12H2,1-4H3,(H,17,19). The van der Waals surface area contributed by atoms with Gasteiger partial charge in [-0.25, -0.2) is 13.2 Å². The number of nitrogens with one attached hydrogen (secondary N) is 1. The summed E-state index contributed by atoms with van der Waals surface area (Å²) in [5.41, 5.74) is -1.04. The van der Waals surface area contributed by atoms with Crippen LogP contribution < -0.4 is 5.32 Å². The number of hydrogen-bond donors (Lipinski definition) is 2. The van der Waals surface area contributed by atoms with Crippen LogP contribution in [0.5, 0.6) is 0 Å². The number of rotatable bonds is 9. The second-order valence-corrected chi connectivity index (χ2v) is 10.2. The molecule has 0 radical (unpaired) electrons. The number of aliphatic hydroxyl groups excluding tert-OH is 1. The molecule has 7 heteroatoms. The molecule has 0 saturated heterocycles. The number of aliphatic hydroxyl groups is 1. The molecule has 0 bridgehead atoms. The first-order chi connectivity index (χ1) is 10.4. The molecule has 0 heterocycles. The van der Waals surface area contributed by atoms with E-state index in [4.69, 9.17) is 4.74 Å². The zero-order valence-electron chi connectivity index (χ0n) is 14.7. The van der Waals surface area contributed by atoms with Crippen molar-refractivity contribution in [1.29, 1.82) is 0 Å². The van der Waals surface area contributed by atoms with Crippen molar-refractivity contribution < 1.29 is 23.1 Å². The van der Waals surface area contributed by atoms with E-state index in [1.165, 1.54) is 6.26 Å².